The zero-order valence-electron chi connectivity index (χ0n) is 15.5. The van der Waals surface area contributed by atoms with E-state index in [2.05, 4.69) is 31.2 Å². The number of aromatic nitrogens is 2. The van der Waals surface area contributed by atoms with Crippen molar-refractivity contribution in [2.75, 3.05) is 63.6 Å². The number of hydrogen-bond donors (Lipinski definition) is 2. The molecule has 1 aromatic heterocycles. The standard InChI is InChI=1S/C17H21BrClFN6O2/c1-24(2)4-3-21-16-22-14-10(9-11(19)12(18)13(14)20)15(23-16)25-5-7-26(8-6-25)17(27)28/h9H,3-8H2,1-2H3,(H,27,28)(H,21,22,23). The van der Waals surface area contributed by atoms with Crippen LogP contribution in [0.1, 0.15) is 0 Å². The number of rotatable bonds is 5. The Morgan fingerprint density at radius 1 is 1.36 bits per heavy atom. The minimum Gasteiger partial charge on any atom is -0.465 e. The fraction of sp³-hybridized carbons (Fsp3) is 0.471. The maximum atomic E-state index is 14.8. The molecule has 0 atom stereocenters. The third-order valence-electron chi connectivity index (χ3n) is 4.50. The summed E-state index contributed by atoms with van der Waals surface area (Å²) in [7, 11) is 3.91. The summed E-state index contributed by atoms with van der Waals surface area (Å²) in [5.41, 5.74) is 0.161. The van der Waals surface area contributed by atoms with E-state index in [9.17, 15) is 9.18 Å². The van der Waals surface area contributed by atoms with Crippen LogP contribution in [0.25, 0.3) is 10.9 Å². The first-order chi connectivity index (χ1) is 13.3. The fourth-order valence-electron chi connectivity index (χ4n) is 2.98. The number of piperazine rings is 1. The first kappa shape index (κ1) is 20.8. The van der Waals surface area contributed by atoms with Crippen LogP contribution in [-0.2, 0) is 0 Å². The highest BCUT2D eigenvalue weighted by molar-refractivity contribution is 9.10. The van der Waals surface area contributed by atoms with Gasteiger partial charge in [0.1, 0.15) is 11.3 Å². The zero-order chi connectivity index (χ0) is 20.4. The van der Waals surface area contributed by atoms with Crippen LogP contribution < -0.4 is 10.2 Å². The fourth-order valence-corrected chi connectivity index (χ4v) is 3.47. The van der Waals surface area contributed by atoms with E-state index in [0.717, 1.165) is 6.54 Å². The summed E-state index contributed by atoms with van der Waals surface area (Å²) in [4.78, 5) is 25.4. The maximum Gasteiger partial charge on any atom is 0.407 e. The number of nitrogens with zero attached hydrogens (tertiary/aromatic N) is 5. The molecule has 0 saturated carbocycles. The molecule has 0 aliphatic carbocycles. The van der Waals surface area contributed by atoms with E-state index in [0.29, 0.717) is 49.9 Å². The quantitative estimate of drug-likeness (QED) is 0.643. The molecular weight excluding hydrogens is 455 g/mol. The molecule has 1 amide bonds. The molecule has 2 aromatic rings. The Balaban J connectivity index is 2.00. The van der Waals surface area contributed by atoms with Gasteiger partial charge in [-0.3, -0.25) is 0 Å². The van der Waals surface area contributed by atoms with Crippen molar-refractivity contribution < 1.29 is 14.3 Å². The van der Waals surface area contributed by atoms with Gasteiger partial charge >= 0.3 is 6.09 Å². The molecule has 11 heteroatoms. The second kappa shape index (κ2) is 8.62. The van der Waals surface area contributed by atoms with Crippen molar-refractivity contribution in [1.29, 1.82) is 0 Å². The predicted molar refractivity (Wildman–Crippen MR) is 111 cm³/mol. The Morgan fingerprint density at radius 3 is 2.64 bits per heavy atom. The first-order valence-corrected chi connectivity index (χ1v) is 9.91. The molecule has 152 valence electrons. The molecule has 1 aromatic carbocycles. The molecule has 2 heterocycles. The lowest BCUT2D eigenvalue weighted by Gasteiger charge is -2.34. The van der Waals surface area contributed by atoms with Crippen LogP contribution in [-0.4, -0.2) is 84.3 Å². The Labute approximate surface area is 175 Å². The van der Waals surface area contributed by atoms with Crippen LogP contribution in [0.15, 0.2) is 10.5 Å². The second-order valence-electron chi connectivity index (χ2n) is 6.74. The average molecular weight is 476 g/mol. The van der Waals surface area contributed by atoms with Crippen molar-refractivity contribution in [3.63, 3.8) is 0 Å². The van der Waals surface area contributed by atoms with Crippen molar-refractivity contribution in [2.24, 2.45) is 0 Å². The topological polar surface area (TPSA) is 84.8 Å². The molecule has 3 rings (SSSR count). The van der Waals surface area contributed by atoms with E-state index in [1.165, 1.54) is 4.90 Å². The summed E-state index contributed by atoms with van der Waals surface area (Å²) in [6, 6.07) is 1.63. The number of carboxylic acid groups (broad SMARTS) is 1. The zero-order valence-corrected chi connectivity index (χ0v) is 17.9. The van der Waals surface area contributed by atoms with Gasteiger partial charge in [-0.05, 0) is 36.1 Å². The number of anilines is 2. The maximum absolute atomic E-state index is 14.8. The molecule has 0 unspecified atom stereocenters. The number of fused-ring (bicyclic) bond motifs is 1. The minimum absolute atomic E-state index is 0.154. The normalized spacial score (nSPS) is 14.8. The number of carbonyl (C=O) groups is 1. The Kier molecular flexibility index (Phi) is 6.41. The summed E-state index contributed by atoms with van der Waals surface area (Å²) in [6.45, 7) is 2.95. The number of benzene rings is 1. The third-order valence-corrected chi connectivity index (χ3v) is 5.80. The van der Waals surface area contributed by atoms with Crippen LogP contribution in [0.2, 0.25) is 5.02 Å². The van der Waals surface area contributed by atoms with Gasteiger partial charge in [-0.25, -0.2) is 14.2 Å². The number of amides is 1. The Hall–Kier alpha value is -1.91. The van der Waals surface area contributed by atoms with Crippen molar-refractivity contribution in [3.05, 3.63) is 21.4 Å². The van der Waals surface area contributed by atoms with E-state index in [1.807, 2.05) is 23.9 Å². The molecule has 1 saturated heterocycles. The molecular formula is C17H21BrClFN6O2. The van der Waals surface area contributed by atoms with Crippen LogP contribution >= 0.6 is 27.5 Å². The lowest BCUT2D eigenvalue weighted by molar-refractivity contribution is 0.142. The summed E-state index contributed by atoms with van der Waals surface area (Å²) in [6.07, 6.45) is -0.948. The van der Waals surface area contributed by atoms with E-state index >= 15 is 0 Å². The predicted octanol–water partition coefficient (Wildman–Crippen LogP) is 2.96. The number of hydrogen-bond acceptors (Lipinski definition) is 6. The lowest BCUT2D eigenvalue weighted by Crippen LogP contribution is -2.48. The van der Waals surface area contributed by atoms with E-state index < -0.39 is 11.9 Å². The lowest BCUT2D eigenvalue weighted by atomic mass is 10.2. The Bertz CT molecular complexity index is 892. The van der Waals surface area contributed by atoms with Gasteiger partial charge in [0.05, 0.1) is 9.50 Å². The monoisotopic (exact) mass is 474 g/mol. The third kappa shape index (κ3) is 4.39. The number of likely N-dealkylation sites (N-methyl/N-ethyl adjacent to an activating group) is 1. The van der Waals surface area contributed by atoms with Crippen LogP contribution in [0, 0.1) is 5.82 Å². The van der Waals surface area contributed by atoms with Crippen molar-refractivity contribution >= 4 is 56.3 Å². The van der Waals surface area contributed by atoms with Crippen molar-refractivity contribution in [3.8, 4) is 0 Å². The molecule has 8 nitrogen and oxygen atoms in total. The molecule has 28 heavy (non-hydrogen) atoms. The molecule has 1 aliphatic rings. The molecule has 1 aliphatic heterocycles. The summed E-state index contributed by atoms with van der Waals surface area (Å²) in [5.74, 6) is 0.305. The van der Waals surface area contributed by atoms with Gasteiger partial charge < -0.3 is 25.1 Å². The smallest absolute Gasteiger partial charge is 0.407 e. The molecule has 2 N–H and O–H groups in total. The van der Waals surface area contributed by atoms with Gasteiger partial charge in [-0.2, -0.15) is 4.98 Å². The molecule has 0 spiro atoms. The second-order valence-corrected chi connectivity index (χ2v) is 7.94. The average Bonchev–Trinajstić information content (AvgIpc) is 2.66. The highest BCUT2D eigenvalue weighted by Gasteiger charge is 2.25. The summed E-state index contributed by atoms with van der Waals surface area (Å²) < 4.78 is 15.0. The van der Waals surface area contributed by atoms with E-state index in [4.69, 9.17) is 16.7 Å². The summed E-state index contributed by atoms with van der Waals surface area (Å²) >= 11 is 9.32. The van der Waals surface area contributed by atoms with E-state index in [1.54, 1.807) is 6.07 Å². The Morgan fingerprint density at radius 2 is 2.04 bits per heavy atom. The molecule has 0 bridgehead atoms. The van der Waals surface area contributed by atoms with Gasteiger partial charge in [0.25, 0.3) is 0 Å². The van der Waals surface area contributed by atoms with Crippen molar-refractivity contribution in [2.45, 2.75) is 0 Å². The summed E-state index contributed by atoms with van der Waals surface area (Å²) in [5, 5.41) is 13.0. The van der Waals surface area contributed by atoms with Crippen LogP contribution in [0.4, 0.5) is 21.0 Å². The molecule has 0 radical (unpaired) electrons. The molecule has 1 fully saturated rings. The number of nitrogens with one attached hydrogen (secondary N) is 1. The largest absolute Gasteiger partial charge is 0.465 e. The van der Waals surface area contributed by atoms with Crippen LogP contribution in [0.5, 0.6) is 0 Å². The highest BCUT2D eigenvalue weighted by Crippen LogP contribution is 2.36. The van der Waals surface area contributed by atoms with Gasteiger partial charge in [0.2, 0.25) is 5.95 Å². The van der Waals surface area contributed by atoms with Gasteiger partial charge in [0.15, 0.2) is 5.82 Å². The number of halogens is 3. The minimum atomic E-state index is -0.948. The van der Waals surface area contributed by atoms with Crippen LogP contribution in [0.3, 0.4) is 0 Å². The van der Waals surface area contributed by atoms with E-state index in [-0.39, 0.29) is 15.0 Å². The van der Waals surface area contributed by atoms with Gasteiger partial charge in [0, 0.05) is 44.7 Å². The van der Waals surface area contributed by atoms with Gasteiger partial charge in [-0.15, -0.1) is 0 Å². The van der Waals surface area contributed by atoms with Crippen molar-refractivity contribution in [1.82, 2.24) is 19.8 Å². The van der Waals surface area contributed by atoms with Gasteiger partial charge in [-0.1, -0.05) is 11.6 Å². The first-order valence-electron chi connectivity index (χ1n) is 8.74. The SMILES string of the molecule is CN(C)CCNc1nc(N2CCN(C(=O)O)CC2)c2cc(Cl)c(Br)c(F)c2n1. The highest BCUT2D eigenvalue weighted by atomic mass is 79.9.